The van der Waals surface area contributed by atoms with Gasteiger partial charge in [-0.25, -0.2) is 0 Å². The van der Waals surface area contributed by atoms with Crippen molar-refractivity contribution in [3.63, 3.8) is 0 Å². The average Bonchev–Trinajstić information content (AvgIpc) is 3.02. The molecule has 0 spiro atoms. The molecule has 48 heavy (non-hydrogen) atoms. The lowest BCUT2D eigenvalue weighted by atomic mass is 10.1. The Morgan fingerprint density at radius 3 is 1.56 bits per heavy atom. The van der Waals surface area contributed by atoms with Gasteiger partial charge in [0.15, 0.2) is 6.10 Å². The van der Waals surface area contributed by atoms with Crippen LogP contribution in [0.4, 0.5) is 0 Å². The summed E-state index contributed by atoms with van der Waals surface area (Å²) < 4.78 is 33.7. The lowest BCUT2D eigenvalue weighted by Gasteiger charge is -2.28. The number of ether oxygens (including phenoxy) is 2. The van der Waals surface area contributed by atoms with Crippen LogP contribution in [0.15, 0.2) is 12.2 Å². The summed E-state index contributed by atoms with van der Waals surface area (Å²) in [6.45, 7) is 4.18. The van der Waals surface area contributed by atoms with Gasteiger partial charge in [-0.05, 0) is 38.5 Å². The second-order valence-corrected chi connectivity index (χ2v) is 15.7. The zero-order valence-corrected chi connectivity index (χ0v) is 32.6. The molecule has 1 unspecified atom stereocenters. The Bertz CT molecular complexity index is 845. The Labute approximate surface area is 295 Å². The van der Waals surface area contributed by atoms with Crippen molar-refractivity contribution in [1.29, 1.82) is 0 Å². The normalized spacial score (nSPS) is 13.9. The van der Waals surface area contributed by atoms with Crippen LogP contribution >= 0.6 is 7.82 Å². The molecule has 0 bridgehead atoms. The molecule has 0 saturated carbocycles. The molecule has 0 saturated heterocycles. The van der Waals surface area contributed by atoms with Gasteiger partial charge in [0.25, 0.3) is 7.82 Å². The van der Waals surface area contributed by atoms with Gasteiger partial charge in [0, 0.05) is 12.8 Å². The first-order valence-corrected chi connectivity index (χ1v) is 20.9. The van der Waals surface area contributed by atoms with Gasteiger partial charge in [-0.2, -0.15) is 0 Å². The predicted octanol–water partition coefficient (Wildman–Crippen LogP) is 9.61. The van der Waals surface area contributed by atoms with E-state index in [4.69, 9.17) is 18.5 Å². The molecular weight excluding hydrogens is 629 g/mol. The number of allylic oxidation sites excluding steroid dienone is 2. The van der Waals surface area contributed by atoms with E-state index in [2.05, 4.69) is 26.0 Å². The Kier molecular flexibility index (Phi) is 30.9. The molecule has 0 aliphatic rings. The Morgan fingerprint density at radius 2 is 1.06 bits per heavy atom. The highest BCUT2D eigenvalue weighted by molar-refractivity contribution is 7.45. The van der Waals surface area contributed by atoms with Crippen LogP contribution in [0.5, 0.6) is 0 Å². The monoisotopic (exact) mass is 704 g/mol. The summed E-state index contributed by atoms with van der Waals surface area (Å²) in [6.07, 6.45) is 29.6. The third kappa shape index (κ3) is 34.6. The van der Waals surface area contributed by atoms with Crippen LogP contribution in [0.25, 0.3) is 0 Å². The Morgan fingerprint density at radius 1 is 0.625 bits per heavy atom. The van der Waals surface area contributed by atoms with Crippen LogP contribution in [0.1, 0.15) is 168 Å². The molecule has 0 aromatic carbocycles. The number of quaternary nitrogens is 1. The number of phosphoric acid groups is 1. The molecule has 0 rings (SSSR count). The summed E-state index contributed by atoms with van der Waals surface area (Å²) in [7, 11) is 1.16. The highest BCUT2D eigenvalue weighted by Crippen LogP contribution is 2.38. The fraction of sp³-hybridized carbons (Fsp3) is 0.895. The maximum Gasteiger partial charge on any atom is 0.306 e. The largest absolute Gasteiger partial charge is 0.756 e. The van der Waals surface area contributed by atoms with E-state index >= 15 is 0 Å². The van der Waals surface area contributed by atoms with Gasteiger partial charge < -0.3 is 27.9 Å². The van der Waals surface area contributed by atoms with Crippen molar-refractivity contribution in [3.8, 4) is 0 Å². The molecule has 0 aromatic heterocycles. The third-order valence-electron chi connectivity index (χ3n) is 8.29. The van der Waals surface area contributed by atoms with Crippen molar-refractivity contribution in [2.75, 3.05) is 47.5 Å². The average molecular weight is 704 g/mol. The number of hydrogen-bond acceptors (Lipinski definition) is 8. The Hall–Kier alpha value is -1.25. The first kappa shape index (κ1) is 46.8. The number of nitrogens with zero attached hydrogens (tertiary/aromatic N) is 1. The number of esters is 2. The van der Waals surface area contributed by atoms with Gasteiger partial charge in [0.1, 0.15) is 19.8 Å². The van der Waals surface area contributed by atoms with Crippen molar-refractivity contribution < 1.29 is 42.1 Å². The van der Waals surface area contributed by atoms with Crippen LogP contribution in [0.3, 0.4) is 0 Å². The van der Waals surface area contributed by atoms with Gasteiger partial charge in [-0.3, -0.25) is 14.2 Å². The van der Waals surface area contributed by atoms with E-state index in [1.54, 1.807) is 0 Å². The van der Waals surface area contributed by atoms with E-state index in [1.807, 2.05) is 21.1 Å². The van der Waals surface area contributed by atoms with Crippen LogP contribution < -0.4 is 4.89 Å². The lowest BCUT2D eigenvalue weighted by molar-refractivity contribution is -0.870. The maximum absolute atomic E-state index is 12.5. The number of hydrogen-bond donors (Lipinski definition) is 0. The van der Waals surface area contributed by atoms with Crippen molar-refractivity contribution in [2.45, 2.75) is 174 Å². The summed E-state index contributed by atoms with van der Waals surface area (Å²) in [4.78, 5) is 37.2. The first-order valence-electron chi connectivity index (χ1n) is 19.4. The second-order valence-electron chi connectivity index (χ2n) is 14.3. The molecule has 0 radical (unpaired) electrons. The summed E-state index contributed by atoms with van der Waals surface area (Å²) in [5.74, 6) is -0.852. The lowest BCUT2D eigenvalue weighted by Crippen LogP contribution is -2.37. The van der Waals surface area contributed by atoms with E-state index in [0.29, 0.717) is 23.9 Å². The molecule has 0 aliphatic carbocycles. The maximum atomic E-state index is 12.5. The summed E-state index contributed by atoms with van der Waals surface area (Å²) >= 11 is 0. The molecule has 0 aliphatic heterocycles. The van der Waals surface area contributed by atoms with E-state index < -0.39 is 32.5 Å². The molecule has 2 atom stereocenters. The first-order chi connectivity index (χ1) is 23.0. The SMILES string of the molecule is CCCCCCCCCC/C=C/CCCCCC(=O)OC[C@@H](COP(=O)([O-])OCC[N+](C)(C)C)OC(=O)CCCCCCCCCCC. The van der Waals surface area contributed by atoms with Crippen LogP contribution in [0.2, 0.25) is 0 Å². The van der Waals surface area contributed by atoms with Crippen molar-refractivity contribution in [3.05, 3.63) is 12.2 Å². The van der Waals surface area contributed by atoms with Crippen LogP contribution in [-0.2, 0) is 32.7 Å². The van der Waals surface area contributed by atoms with E-state index in [0.717, 1.165) is 44.9 Å². The minimum absolute atomic E-state index is 0.0304. The summed E-state index contributed by atoms with van der Waals surface area (Å²) in [6, 6.07) is 0. The number of rotatable bonds is 35. The standard InChI is InChI=1S/C38H74NO8P/c1-6-8-10-12-14-16-17-18-19-20-21-23-24-26-28-30-37(40)44-34-36(35-46-48(42,43)45-33-32-39(3,4)5)47-38(41)31-29-27-25-22-15-13-11-9-7-2/h20-21,36H,6-19,22-35H2,1-5H3/b21-20+/t36-/m0/s1. The summed E-state index contributed by atoms with van der Waals surface area (Å²) in [5.41, 5.74) is 0. The zero-order chi connectivity index (χ0) is 35.8. The van der Waals surface area contributed by atoms with Gasteiger partial charge in [-0.15, -0.1) is 0 Å². The van der Waals surface area contributed by atoms with Gasteiger partial charge >= 0.3 is 11.9 Å². The van der Waals surface area contributed by atoms with Gasteiger partial charge in [-0.1, -0.05) is 129 Å². The Balaban J connectivity index is 4.40. The van der Waals surface area contributed by atoms with Crippen molar-refractivity contribution in [2.24, 2.45) is 0 Å². The molecule has 0 fully saturated rings. The number of phosphoric ester groups is 1. The fourth-order valence-corrected chi connectivity index (χ4v) is 5.91. The van der Waals surface area contributed by atoms with Gasteiger partial charge in [0.05, 0.1) is 27.7 Å². The van der Waals surface area contributed by atoms with Crippen molar-refractivity contribution in [1.82, 2.24) is 0 Å². The molecule has 10 heteroatoms. The topological polar surface area (TPSA) is 111 Å². The minimum atomic E-state index is -4.61. The number of likely N-dealkylation sites (N-methyl/N-ethyl adjacent to an activating group) is 1. The van der Waals surface area contributed by atoms with Gasteiger partial charge in [0.2, 0.25) is 0 Å². The molecule has 0 amide bonds. The van der Waals surface area contributed by atoms with Crippen molar-refractivity contribution >= 4 is 19.8 Å². The number of carbonyl (C=O) groups is 2. The minimum Gasteiger partial charge on any atom is -0.756 e. The number of unbranched alkanes of at least 4 members (excludes halogenated alkanes) is 19. The molecule has 284 valence electrons. The quantitative estimate of drug-likeness (QED) is 0.0211. The molecule has 0 heterocycles. The molecular formula is C38H74NO8P. The molecule has 9 nitrogen and oxygen atoms in total. The highest BCUT2D eigenvalue weighted by Gasteiger charge is 2.21. The zero-order valence-electron chi connectivity index (χ0n) is 31.7. The van der Waals surface area contributed by atoms with E-state index in [1.165, 1.54) is 83.5 Å². The fourth-order valence-electron chi connectivity index (χ4n) is 5.18. The van der Waals surface area contributed by atoms with Crippen LogP contribution in [-0.4, -0.2) is 70.0 Å². The molecule has 0 N–H and O–H groups in total. The summed E-state index contributed by atoms with van der Waals surface area (Å²) in [5, 5.41) is 0. The smallest absolute Gasteiger partial charge is 0.306 e. The third-order valence-corrected chi connectivity index (χ3v) is 9.25. The van der Waals surface area contributed by atoms with E-state index in [9.17, 15) is 19.0 Å². The second kappa shape index (κ2) is 31.7. The molecule has 0 aromatic rings. The predicted molar refractivity (Wildman–Crippen MR) is 195 cm³/mol. The number of carbonyl (C=O) groups excluding carboxylic acids is 2. The highest BCUT2D eigenvalue weighted by atomic mass is 31.2. The van der Waals surface area contributed by atoms with Crippen LogP contribution in [0, 0.1) is 0 Å². The van der Waals surface area contributed by atoms with E-state index in [-0.39, 0.29) is 26.1 Å².